The Bertz CT molecular complexity index is 782. The third-order valence-electron chi connectivity index (χ3n) is 4.81. The van der Waals surface area contributed by atoms with E-state index in [1.54, 1.807) is 12.1 Å². The van der Waals surface area contributed by atoms with Gasteiger partial charge in [-0.05, 0) is 43.5 Å². The molecule has 0 radical (unpaired) electrons. The molecule has 3 atom stereocenters. The lowest BCUT2D eigenvalue weighted by Gasteiger charge is -2.36. The van der Waals surface area contributed by atoms with Crippen molar-refractivity contribution in [2.45, 2.75) is 32.1 Å². The van der Waals surface area contributed by atoms with Crippen LogP contribution in [0.2, 0.25) is 0 Å². The Kier molecular flexibility index (Phi) is 6.23. The first-order valence-corrected chi connectivity index (χ1v) is 9.77. The van der Waals surface area contributed by atoms with Crippen LogP contribution in [0.5, 0.6) is 5.75 Å². The van der Waals surface area contributed by atoms with E-state index in [-0.39, 0.29) is 38.3 Å². The molecule has 1 aliphatic rings. The smallest absolute Gasteiger partial charge is 0.248 e. The van der Waals surface area contributed by atoms with E-state index in [0.29, 0.717) is 17.2 Å². The fourth-order valence-electron chi connectivity index (χ4n) is 3.35. The van der Waals surface area contributed by atoms with Gasteiger partial charge in [0.25, 0.3) is 0 Å². The number of aromatic nitrogens is 1. The minimum absolute atomic E-state index is 0.107. The fourth-order valence-corrected chi connectivity index (χ4v) is 3.70. The first-order chi connectivity index (χ1) is 12.8. The molecule has 0 bridgehead atoms. The number of benzene rings is 1. The predicted octanol–water partition coefficient (Wildman–Crippen LogP) is 3.46. The summed E-state index contributed by atoms with van der Waals surface area (Å²) < 4.78 is 62.0. The van der Waals surface area contributed by atoms with Gasteiger partial charge in [0.1, 0.15) is 17.2 Å². The van der Waals surface area contributed by atoms with Crippen LogP contribution in [0, 0.1) is 18.8 Å². The van der Waals surface area contributed by atoms with E-state index in [1.807, 2.05) is 25.1 Å². The van der Waals surface area contributed by atoms with Crippen molar-refractivity contribution < 1.29 is 26.8 Å². The Morgan fingerprint density at radius 2 is 2.11 bits per heavy atom. The van der Waals surface area contributed by atoms with Crippen LogP contribution < -0.4 is 9.46 Å². The highest BCUT2D eigenvalue weighted by molar-refractivity contribution is 7.77. The quantitative estimate of drug-likeness (QED) is 0.721. The summed E-state index contributed by atoms with van der Waals surface area (Å²) in [7, 11) is 0. The second-order valence-corrected chi connectivity index (χ2v) is 7.62. The van der Waals surface area contributed by atoms with Gasteiger partial charge in [-0.1, -0.05) is 5.16 Å². The molecule has 1 heterocycles. The van der Waals surface area contributed by atoms with Gasteiger partial charge >= 0.3 is 0 Å². The molecule has 1 saturated carbocycles. The first kappa shape index (κ1) is 19.9. The van der Waals surface area contributed by atoms with Gasteiger partial charge < -0.3 is 13.8 Å². The predicted molar refractivity (Wildman–Crippen MR) is 94.9 cm³/mol. The van der Waals surface area contributed by atoms with Gasteiger partial charge in [0.15, 0.2) is 0 Å². The Balaban J connectivity index is 1.61. The molecule has 6 nitrogen and oxygen atoms in total. The van der Waals surface area contributed by atoms with Gasteiger partial charge in [-0.15, -0.1) is 0 Å². The van der Waals surface area contributed by atoms with E-state index in [0.717, 1.165) is 5.56 Å². The molecule has 0 aliphatic heterocycles. The number of halogens is 2. The van der Waals surface area contributed by atoms with Crippen molar-refractivity contribution in [2.75, 3.05) is 13.2 Å². The van der Waals surface area contributed by atoms with Gasteiger partial charge in [-0.25, -0.2) is 13.5 Å². The Hall–Kier alpha value is -1.84. The zero-order valence-corrected chi connectivity index (χ0v) is 15.6. The highest BCUT2D eigenvalue weighted by atomic mass is 32.2. The van der Waals surface area contributed by atoms with Crippen LogP contribution in [-0.2, 0) is 11.3 Å². The van der Waals surface area contributed by atoms with Crippen molar-refractivity contribution in [2.24, 2.45) is 11.8 Å². The minimum atomic E-state index is -2.74. The van der Waals surface area contributed by atoms with Crippen LogP contribution in [0.1, 0.15) is 25.0 Å². The lowest BCUT2D eigenvalue weighted by Crippen LogP contribution is -2.40. The molecule has 27 heavy (non-hydrogen) atoms. The normalized spacial score (nSPS) is 23.1. The molecular formula is C18H21F2N2O4S-. The van der Waals surface area contributed by atoms with Crippen molar-refractivity contribution in [3.8, 4) is 17.0 Å². The minimum Gasteiger partial charge on any atom is -0.760 e. The van der Waals surface area contributed by atoms with Crippen LogP contribution in [0.15, 0.2) is 34.9 Å². The molecule has 0 spiro atoms. The average Bonchev–Trinajstić information content (AvgIpc) is 3.05. The first-order valence-electron chi connectivity index (χ1n) is 8.69. The molecule has 148 valence electrons. The standard InChI is InChI=1S/C18H22F2N2O4S/c1-12-8-17(22-26-12)13-2-4-16(5-3-13)25-11-15-9-18(19,20)7-6-14(15)10-21-27(23)24/h2-5,8,14-15,21H,6-7,9-11H2,1H3,(H,23,24)/p-1/t14-,15+/m1/s1. The summed E-state index contributed by atoms with van der Waals surface area (Å²) in [6.45, 7) is 2.06. The van der Waals surface area contributed by atoms with Gasteiger partial charge in [0, 0.05) is 48.2 Å². The molecule has 0 amide bonds. The number of nitrogens with one attached hydrogen (secondary N) is 1. The highest BCUT2D eigenvalue weighted by Crippen LogP contribution is 2.40. The molecule has 0 saturated heterocycles. The second kappa shape index (κ2) is 8.45. The monoisotopic (exact) mass is 399 g/mol. The molecule has 3 rings (SSSR count). The SMILES string of the molecule is Cc1cc(-c2ccc(OC[C@@H]3CC(F)(F)CC[C@@H]3CNS(=O)[O-])cc2)no1. The summed E-state index contributed by atoms with van der Waals surface area (Å²) in [5.74, 6) is -2.08. The number of nitrogens with zero attached hydrogens (tertiary/aromatic N) is 1. The topological polar surface area (TPSA) is 87.4 Å². The third kappa shape index (κ3) is 5.57. The van der Waals surface area contributed by atoms with Crippen molar-refractivity contribution in [1.82, 2.24) is 9.88 Å². The van der Waals surface area contributed by atoms with E-state index in [2.05, 4.69) is 9.88 Å². The molecule has 1 N–H and O–H groups in total. The fraction of sp³-hybridized carbons (Fsp3) is 0.500. The molecule has 1 aliphatic carbocycles. The Morgan fingerprint density at radius 1 is 1.37 bits per heavy atom. The summed E-state index contributed by atoms with van der Waals surface area (Å²) >= 11 is -2.40. The maximum absolute atomic E-state index is 13.8. The van der Waals surface area contributed by atoms with Crippen LogP contribution in [-0.4, -0.2) is 33.0 Å². The van der Waals surface area contributed by atoms with E-state index in [9.17, 15) is 17.5 Å². The third-order valence-corrected chi connectivity index (χ3v) is 5.22. The van der Waals surface area contributed by atoms with Crippen molar-refractivity contribution >= 4 is 11.3 Å². The van der Waals surface area contributed by atoms with Crippen molar-refractivity contribution in [3.63, 3.8) is 0 Å². The lowest BCUT2D eigenvalue weighted by atomic mass is 9.78. The van der Waals surface area contributed by atoms with Crippen LogP contribution in [0.25, 0.3) is 11.3 Å². The molecule has 2 aromatic rings. The van der Waals surface area contributed by atoms with Crippen LogP contribution in [0.3, 0.4) is 0 Å². The zero-order valence-electron chi connectivity index (χ0n) is 14.8. The second-order valence-electron chi connectivity index (χ2n) is 6.86. The van der Waals surface area contributed by atoms with E-state index in [1.165, 1.54) is 0 Å². The zero-order chi connectivity index (χ0) is 19.4. The maximum atomic E-state index is 13.8. The average molecular weight is 399 g/mol. The number of hydrogen-bond acceptors (Lipinski definition) is 5. The molecular weight excluding hydrogens is 378 g/mol. The van der Waals surface area contributed by atoms with Gasteiger partial charge in [0.2, 0.25) is 5.92 Å². The van der Waals surface area contributed by atoms with Crippen LogP contribution in [0.4, 0.5) is 8.78 Å². The summed E-state index contributed by atoms with van der Waals surface area (Å²) in [5.41, 5.74) is 1.58. The van der Waals surface area contributed by atoms with Gasteiger partial charge in [0.05, 0.1) is 6.61 Å². The van der Waals surface area contributed by atoms with E-state index >= 15 is 0 Å². The van der Waals surface area contributed by atoms with Gasteiger partial charge in [-0.2, -0.15) is 0 Å². The van der Waals surface area contributed by atoms with Crippen LogP contribution >= 0.6 is 0 Å². The molecule has 1 aromatic heterocycles. The van der Waals surface area contributed by atoms with Crippen molar-refractivity contribution in [1.29, 1.82) is 0 Å². The largest absolute Gasteiger partial charge is 0.760 e. The number of hydrogen-bond donors (Lipinski definition) is 1. The number of alkyl halides is 2. The van der Waals surface area contributed by atoms with E-state index in [4.69, 9.17) is 9.26 Å². The summed E-state index contributed by atoms with van der Waals surface area (Å²) in [6, 6.07) is 8.96. The van der Waals surface area contributed by atoms with Crippen molar-refractivity contribution in [3.05, 3.63) is 36.1 Å². The summed E-state index contributed by atoms with van der Waals surface area (Å²) in [6.07, 6.45) is -0.274. The Morgan fingerprint density at radius 3 is 2.74 bits per heavy atom. The Labute approximate surface area is 158 Å². The highest BCUT2D eigenvalue weighted by Gasteiger charge is 2.41. The number of ether oxygens (including phenoxy) is 1. The maximum Gasteiger partial charge on any atom is 0.248 e. The molecule has 1 unspecified atom stereocenters. The number of rotatable bonds is 7. The molecule has 1 aromatic carbocycles. The summed E-state index contributed by atoms with van der Waals surface area (Å²) in [5, 5.41) is 3.94. The van der Waals surface area contributed by atoms with Gasteiger partial charge in [-0.3, -0.25) is 4.21 Å². The summed E-state index contributed by atoms with van der Waals surface area (Å²) in [4.78, 5) is 0. The number of aryl methyl sites for hydroxylation is 1. The lowest BCUT2D eigenvalue weighted by molar-refractivity contribution is -0.0757. The molecule has 1 fully saturated rings. The van der Waals surface area contributed by atoms with E-state index < -0.39 is 23.1 Å². The molecule has 9 heteroatoms.